The molecule has 0 aliphatic carbocycles. The van der Waals surface area contributed by atoms with Gasteiger partial charge in [0, 0.05) is 25.3 Å². The molecule has 0 atom stereocenters. The number of sulfonamides is 1. The van der Waals surface area contributed by atoms with Crippen LogP contribution in [0.3, 0.4) is 0 Å². The number of ether oxygens (including phenoxy) is 1. The molecule has 1 aliphatic rings. The molecule has 3 rings (SSSR count). The van der Waals surface area contributed by atoms with Gasteiger partial charge in [0.15, 0.2) is 0 Å². The fourth-order valence-electron chi connectivity index (χ4n) is 3.02. The highest BCUT2D eigenvalue weighted by Crippen LogP contribution is 2.16. The first-order valence-electron chi connectivity index (χ1n) is 9.05. The van der Waals surface area contributed by atoms with Gasteiger partial charge in [0.05, 0.1) is 19.0 Å². The number of aryl methyl sites for hydroxylation is 1. The van der Waals surface area contributed by atoms with Gasteiger partial charge in [-0.25, -0.2) is 13.1 Å². The monoisotopic (exact) mass is 374 g/mol. The van der Waals surface area contributed by atoms with Gasteiger partial charge in [-0.15, -0.1) is 0 Å². The van der Waals surface area contributed by atoms with E-state index in [4.69, 9.17) is 4.74 Å². The quantitative estimate of drug-likeness (QED) is 0.772. The van der Waals surface area contributed by atoms with Gasteiger partial charge in [0.2, 0.25) is 10.0 Å². The zero-order valence-corrected chi connectivity index (χ0v) is 15.7. The lowest BCUT2D eigenvalue weighted by atomic mass is 10.1. The van der Waals surface area contributed by atoms with Crippen molar-refractivity contribution in [1.29, 1.82) is 0 Å². The van der Waals surface area contributed by atoms with E-state index < -0.39 is 10.0 Å². The van der Waals surface area contributed by atoms with Crippen LogP contribution < -0.4 is 9.62 Å². The molecule has 26 heavy (non-hydrogen) atoms. The van der Waals surface area contributed by atoms with E-state index in [0.717, 1.165) is 44.0 Å². The van der Waals surface area contributed by atoms with Crippen LogP contribution >= 0.6 is 0 Å². The molecule has 1 saturated heterocycles. The fourth-order valence-corrected chi connectivity index (χ4v) is 4.08. The third-order valence-electron chi connectivity index (χ3n) is 4.53. The number of morpholine rings is 1. The minimum Gasteiger partial charge on any atom is -0.378 e. The summed E-state index contributed by atoms with van der Waals surface area (Å²) in [5.74, 6) is 0.147. The van der Waals surface area contributed by atoms with Crippen molar-refractivity contribution in [3.63, 3.8) is 0 Å². The van der Waals surface area contributed by atoms with Crippen LogP contribution in [0.5, 0.6) is 0 Å². The maximum Gasteiger partial charge on any atom is 0.211 e. The first-order chi connectivity index (χ1) is 12.6. The van der Waals surface area contributed by atoms with Crippen molar-refractivity contribution in [3.05, 3.63) is 65.7 Å². The predicted octanol–water partition coefficient (Wildman–Crippen LogP) is 2.58. The molecule has 5 nitrogen and oxygen atoms in total. The number of nitrogens with zero attached hydrogens (tertiary/aromatic N) is 1. The highest BCUT2D eigenvalue weighted by molar-refractivity contribution is 7.89. The summed E-state index contributed by atoms with van der Waals surface area (Å²) in [6.45, 7) is 3.63. The molecule has 1 fully saturated rings. The minimum absolute atomic E-state index is 0.147. The zero-order valence-electron chi connectivity index (χ0n) is 14.9. The standard InChI is InChI=1S/C20H26N2O3S/c23-26(24,16-4-7-18-5-2-1-3-6-18)21-17-19-8-10-20(11-9-19)22-12-14-25-15-13-22/h1-3,5-6,8-11,21H,4,7,12-17H2. The van der Waals surface area contributed by atoms with Crippen molar-refractivity contribution in [2.24, 2.45) is 0 Å². The highest BCUT2D eigenvalue weighted by atomic mass is 32.2. The topological polar surface area (TPSA) is 58.6 Å². The third-order valence-corrected chi connectivity index (χ3v) is 5.94. The van der Waals surface area contributed by atoms with Gasteiger partial charge in [0.1, 0.15) is 0 Å². The molecule has 1 heterocycles. The molecular weight excluding hydrogens is 348 g/mol. The van der Waals surface area contributed by atoms with Crippen molar-refractivity contribution in [1.82, 2.24) is 4.72 Å². The Morgan fingerprint density at radius 1 is 0.923 bits per heavy atom. The van der Waals surface area contributed by atoms with Crippen LogP contribution in [0.15, 0.2) is 54.6 Å². The summed E-state index contributed by atoms with van der Waals surface area (Å²) in [5.41, 5.74) is 3.29. The average Bonchev–Trinajstić information content (AvgIpc) is 2.68. The van der Waals surface area contributed by atoms with Crippen molar-refractivity contribution in [2.45, 2.75) is 19.4 Å². The zero-order chi connectivity index (χ0) is 18.2. The van der Waals surface area contributed by atoms with E-state index in [2.05, 4.69) is 9.62 Å². The molecule has 0 bridgehead atoms. The maximum absolute atomic E-state index is 12.2. The number of rotatable bonds is 8. The number of benzene rings is 2. The smallest absolute Gasteiger partial charge is 0.211 e. The lowest BCUT2D eigenvalue weighted by molar-refractivity contribution is 0.122. The van der Waals surface area contributed by atoms with Gasteiger partial charge in [-0.3, -0.25) is 0 Å². The van der Waals surface area contributed by atoms with E-state index in [1.807, 2.05) is 54.6 Å². The molecule has 0 spiro atoms. The van der Waals surface area contributed by atoms with Gasteiger partial charge in [0.25, 0.3) is 0 Å². The summed E-state index contributed by atoms with van der Waals surface area (Å²) in [6.07, 6.45) is 1.39. The average molecular weight is 375 g/mol. The molecule has 0 radical (unpaired) electrons. The van der Waals surface area contributed by atoms with Crippen LogP contribution in [0.2, 0.25) is 0 Å². The summed E-state index contributed by atoms with van der Waals surface area (Å²) >= 11 is 0. The van der Waals surface area contributed by atoms with Crippen molar-refractivity contribution >= 4 is 15.7 Å². The lowest BCUT2D eigenvalue weighted by Gasteiger charge is -2.28. The third kappa shape index (κ3) is 5.83. The van der Waals surface area contributed by atoms with Gasteiger partial charge >= 0.3 is 0 Å². The van der Waals surface area contributed by atoms with Crippen LogP contribution in [-0.2, 0) is 27.7 Å². The predicted molar refractivity (Wildman–Crippen MR) is 105 cm³/mol. The molecule has 0 aromatic heterocycles. The maximum atomic E-state index is 12.2. The van der Waals surface area contributed by atoms with Crippen molar-refractivity contribution in [3.8, 4) is 0 Å². The summed E-state index contributed by atoms with van der Waals surface area (Å²) in [7, 11) is -3.26. The molecule has 0 unspecified atom stereocenters. The molecule has 0 amide bonds. The van der Waals surface area contributed by atoms with Crippen molar-refractivity contribution < 1.29 is 13.2 Å². The molecular formula is C20H26N2O3S. The van der Waals surface area contributed by atoms with E-state index >= 15 is 0 Å². The Balaban J connectivity index is 1.44. The summed E-state index contributed by atoms with van der Waals surface area (Å²) in [6, 6.07) is 18.0. The Morgan fingerprint density at radius 2 is 1.62 bits per heavy atom. The Kier molecular flexibility index (Phi) is 6.66. The second kappa shape index (κ2) is 9.16. The Bertz CT molecular complexity index is 770. The first kappa shape index (κ1) is 18.9. The molecule has 0 saturated carbocycles. The van der Waals surface area contributed by atoms with E-state index in [9.17, 15) is 8.42 Å². The number of anilines is 1. The lowest BCUT2D eigenvalue weighted by Crippen LogP contribution is -2.36. The Labute approximate surface area is 156 Å². The molecule has 1 N–H and O–H groups in total. The number of nitrogens with one attached hydrogen (secondary N) is 1. The summed E-state index contributed by atoms with van der Waals surface area (Å²) in [5, 5.41) is 0. The van der Waals surface area contributed by atoms with Crippen LogP contribution in [0.1, 0.15) is 17.5 Å². The fraction of sp³-hybridized carbons (Fsp3) is 0.400. The summed E-state index contributed by atoms with van der Waals surface area (Å²) < 4.78 is 32.4. The van der Waals surface area contributed by atoms with Gasteiger partial charge < -0.3 is 9.64 Å². The largest absolute Gasteiger partial charge is 0.378 e. The highest BCUT2D eigenvalue weighted by Gasteiger charge is 2.12. The first-order valence-corrected chi connectivity index (χ1v) is 10.7. The SMILES string of the molecule is O=S(=O)(CCCc1ccccc1)NCc1ccc(N2CCOCC2)cc1. The van der Waals surface area contributed by atoms with Crippen LogP contribution in [0.4, 0.5) is 5.69 Å². The molecule has 2 aromatic carbocycles. The number of hydrogen-bond acceptors (Lipinski definition) is 4. The normalized spacial score (nSPS) is 15.2. The molecule has 2 aromatic rings. The van der Waals surface area contributed by atoms with E-state index in [1.165, 1.54) is 5.56 Å². The Hall–Kier alpha value is -1.89. The van der Waals surface area contributed by atoms with Gasteiger partial charge in [-0.1, -0.05) is 42.5 Å². The van der Waals surface area contributed by atoms with Gasteiger partial charge in [-0.05, 0) is 36.1 Å². The molecule has 6 heteroatoms. The van der Waals surface area contributed by atoms with E-state index in [1.54, 1.807) is 0 Å². The summed E-state index contributed by atoms with van der Waals surface area (Å²) in [4.78, 5) is 2.28. The van der Waals surface area contributed by atoms with E-state index in [0.29, 0.717) is 13.0 Å². The second-order valence-electron chi connectivity index (χ2n) is 6.50. The van der Waals surface area contributed by atoms with Gasteiger partial charge in [-0.2, -0.15) is 0 Å². The van der Waals surface area contributed by atoms with Crippen LogP contribution in [0.25, 0.3) is 0 Å². The number of hydrogen-bond donors (Lipinski definition) is 1. The molecule has 1 aliphatic heterocycles. The Morgan fingerprint density at radius 3 is 2.31 bits per heavy atom. The van der Waals surface area contributed by atoms with E-state index in [-0.39, 0.29) is 5.75 Å². The van der Waals surface area contributed by atoms with Crippen LogP contribution in [0, 0.1) is 0 Å². The molecule has 140 valence electrons. The van der Waals surface area contributed by atoms with Crippen molar-refractivity contribution in [2.75, 3.05) is 37.0 Å². The second-order valence-corrected chi connectivity index (χ2v) is 8.42. The van der Waals surface area contributed by atoms with Crippen LogP contribution in [-0.4, -0.2) is 40.5 Å². The minimum atomic E-state index is -3.26.